The summed E-state index contributed by atoms with van der Waals surface area (Å²) < 4.78 is 9.00. The normalized spacial score (nSPS) is 11.3. The van der Waals surface area contributed by atoms with E-state index in [9.17, 15) is 5.26 Å². The Morgan fingerprint density at radius 1 is 0.521 bits per heavy atom. The Labute approximate surface area is 275 Å². The molecule has 0 aliphatic heterocycles. The highest BCUT2D eigenvalue weighted by molar-refractivity contribution is 6.21. The van der Waals surface area contributed by atoms with E-state index in [4.69, 9.17) is 4.42 Å². The van der Waals surface area contributed by atoms with Gasteiger partial charge in [-0.05, 0) is 36.4 Å². The zero-order valence-corrected chi connectivity index (χ0v) is 25.4. The molecule has 9 aromatic rings. The van der Waals surface area contributed by atoms with E-state index in [-0.39, 0.29) is 0 Å². The fraction of sp³-hybridized carbons (Fsp3) is 0. The van der Waals surface area contributed by atoms with Crippen molar-refractivity contribution >= 4 is 33.0 Å². The van der Waals surface area contributed by atoms with Crippen LogP contribution < -0.4 is 0 Å². The van der Waals surface area contributed by atoms with E-state index >= 15 is 0 Å². The lowest BCUT2D eigenvalue weighted by atomic mass is 9.80. The first-order valence-corrected chi connectivity index (χ1v) is 15.5. The first-order valence-electron chi connectivity index (χ1n) is 15.5. The minimum Gasteiger partial charge on any atom is -0.439 e. The number of aromatic nitrogens is 5. The number of hydrogen-bond acceptors (Lipinski definition) is 6. The summed E-state index contributed by atoms with van der Waals surface area (Å²) in [7, 11) is 0. The van der Waals surface area contributed by atoms with Gasteiger partial charge in [0.05, 0.1) is 22.2 Å². The van der Waals surface area contributed by atoms with Crippen molar-refractivity contribution in [1.29, 1.82) is 5.26 Å². The fourth-order valence-corrected chi connectivity index (χ4v) is 6.92. The van der Waals surface area contributed by atoms with Gasteiger partial charge < -0.3 is 4.42 Å². The van der Waals surface area contributed by atoms with Crippen molar-refractivity contribution in [2.45, 2.75) is 0 Å². The summed E-state index contributed by atoms with van der Waals surface area (Å²) in [6.45, 7) is 0. The number of hydrogen-bond donors (Lipinski definition) is 0. The number of fused-ring (bicyclic) bond motifs is 5. The highest BCUT2D eigenvalue weighted by Gasteiger charge is 2.31. The summed E-state index contributed by atoms with van der Waals surface area (Å²) in [5.74, 6) is 0. The van der Waals surface area contributed by atoms with Crippen LogP contribution in [0.25, 0.3) is 83.2 Å². The Morgan fingerprint density at radius 2 is 1.00 bits per heavy atom. The van der Waals surface area contributed by atoms with Gasteiger partial charge in [0.2, 0.25) is 5.71 Å². The average Bonchev–Trinajstić information content (AvgIpc) is 3.70. The molecule has 0 aliphatic carbocycles. The first-order chi connectivity index (χ1) is 23.8. The van der Waals surface area contributed by atoms with Gasteiger partial charge in [-0.1, -0.05) is 60.7 Å². The van der Waals surface area contributed by atoms with E-state index in [0.717, 1.165) is 77.5 Å². The maximum absolute atomic E-state index is 11.2. The third kappa shape index (κ3) is 4.14. The van der Waals surface area contributed by atoms with Crippen LogP contribution in [0.1, 0.15) is 5.56 Å². The molecule has 7 nitrogen and oxygen atoms in total. The minimum atomic E-state index is 0.495. The van der Waals surface area contributed by atoms with E-state index in [1.165, 1.54) is 0 Å². The summed E-state index contributed by atoms with van der Waals surface area (Å²) in [6, 6.07) is 34.8. The van der Waals surface area contributed by atoms with Gasteiger partial charge in [0.1, 0.15) is 11.7 Å². The van der Waals surface area contributed by atoms with Crippen LogP contribution in [0.15, 0.2) is 151 Å². The molecule has 0 spiro atoms. The van der Waals surface area contributed by atoms with Crippen LogP contribution in [-0.2, 0) is 0 Å². The quantitative estimate of drug-likeness (QED) is 0.191. The van der Waals surface area contributed by atoms with Crippen LogP contribution in [0, 0.1) is 11.3 Å². The number of pyridine rings is 4. The predicted molar refractivity (Wildman–Crippen MR) is 188 cm³/mol. The molecule has 6 aromatic heterocycles. The maximum atomic E-state index is 11.2. The smallest absolute Gasteiger partial charge is 0.213 e. The Hall–Kier alpha value is -6.91. The lowest BCUT2D eigenvalue weighted by molar-refractivity contribution is 0.645. The lowest BCUT2D eigenvalue weighted by Gasteiger charge is -2.26. The van der Waals surface area contributed by atoms with E-state index in [0.29, 0.717) is 11.3 Å². The van der Waals surface area contributed by atoms with Crippen molar-refractivity contribution < 1.29 is 4.42 Å². The van der Waals surface area contributed by atoms with Crippen LogP contribution >= 0.6 is 0 Å². The molecule has 0 saturated heterocycles. The van der Waals surface area contributed by atoms with Crippen LogP contribution in [0.5, 0.6) is 0 Å². The van der Waals surface area contributed by atoms with Crippen molar-refractivity contribution in [3.63, 3.8) is 0 Å². The number of nitrogens with zero attached hydrogens (tertiary/aromatic N) is 6. The van der Waals surface area contributed by atoms with Crippen LogP contribution in [0.4, 0.5) is 0 Å². The molecule has 224 valence electrons. The second-order valence-corrected chi connectivity index (χ2v) is 11.4. The number of rotatable bonds is 5. The molecule has 0 radical (unpaired) electrons. The lowest BCUT2D eigenvalue weighted by Crippen LogP contribution is -2.07. The molecule has 6 heterocycles. The second kappa shape index (κ2) is 11.2. The van der Waals surface area contributed by atoms with E-state index in [1.54, 1.807) is 37.2 Å². The molecule has 0 bridgehead atoms. The third-order valence-corrected chi connectivity index (χ3v) is 8.80. The molecule has 0 N–H and O–H groups in total. The average molecular weight is 617 g/mol. The molecular weight excluding hydrogens is 592 g/mol. The van der Waals surface area contributed by atoms with E-state index < -0.39 is 0 Å². The third-order valence-electron chi connectivity index (χ3n) is 8.80. The highest BCUT2D eigenvalue weighted by atomic mass is 16.3. The molecule has 0 amide bonds. The van der Waals surface area contributed by atoms with Crippen LogP contribution in [0.2, 0.25) is 0 Å². The first kappa shape index (κ1) is 27.4. The van der Waals surface area contributed by atoms with Crippen molar-refractivity contribution in [3.05, 3.63) is 152 Å². The van der Waals surface area contributed by atoms with Crippen molar-refractivity contribution in [2.24, 2.45) is 0 Å². The zero-order valence-electron chi connectivity index (χ0n) is 25.4. The van der Waals surface area contributed by atoms with Gasteiger partial charge in [-0.15, -0.1) is 0 Å². The molecular formula is C41H24N6O. The SMILES string of the molecule is N#Cc1c(-c2cccnc2)c(-c2cccnc2)c(-n2c3ccccc3c3c4ccccc4oc32)c(-c2cccnc2)c1-c1cccnc1. The van der Waals surface area contributed by atoms with Crippen molar-refractivity contribution in [1.82, 2.24) is 24.5 Å². The van der Waals surface area contributed by atoms with E-state index in [2.05, 4.69) is 54.8 Å². The Morgan fingerprint density at radius 3 is 1.50 bits per heavy atom. The van der Waals surface area contributed by atoms with Gasteiger partial charge in [0.25, 0.3) is 0 Å². The fourth-order valence-electron chi connectivity index (χ4n) is 6.92. The largest absolute Gasteiger partial charge is 0.439 e. The highest BCUT2D eigenvalue weighted by Crippen LogP contribution is 2.52. The number of nitriles is 1. The second-order valence-electron chi connectivity index (χ2n) is 11.4. The molecule has 9 rings (SSSR count). The topological polar surface area (TPSA) is 93.4 Å². The molecule has 0 saturated carbocycles. The summed E-state index contributed by atoms with van der Waals surface area (Å²) in [6.07, 6.45) is 14.3. The van der Waals surface area contributed by atoms with Gasteiger partial charge in [0.15, 0.2) is 0 Å². The Kier molecular flexibility index (Phi) is 6.37. The van der Waals surface area contributed by atoms with Gasteiger partial charge >= 0.3 is 0 Å². The maximum Gasteiger partial charge on any atom is 0.213 e. The summed E-state index contributed by atoms with van der Waals surface area (Å²) in [5, 5.41) is 14.3. The molecule has 0 fully saturated rings. The molecule has 0 atom stereocenters. The number of para-hydroxylation sites is 2. The molecule has 7 heteroatoms. The molecule has 48 heavy (non-hydrogen) atoms. The summed E-state index contributed by atoms with van der Waals surface area (Å²) in [5.41, 5.74) is 10.2. The Balaban J connectivity index is 1.62. The molecule has 3 aromatic carbocycles. The minimum absolute atomic E-state index is 0.495. The summed E-state index contributed by atoms with van der Waals surface area (Å²) in [4.78, 5) is 18.1. The Bertz CT molecular complexity index is 2550. The van der Waals surface area contributed by atoms with Crippen LogP contribution in [-0.4, -0.2) is 24.5 Å². The predicted octanol–water partition coefficient (Wildman–Crippen LogP) is 9.65. The van der Waals surface area contributed by atoms with Gasteiger partial charge in [-0.2, -0.15) is 5.26 Å². The van der Waals surface area contributed by atoms with Gasteiger partial charge in [-0.25, -0.2) is 0 Å². The van der Waals surface area contributed by atoms with Crippen molar-refractivity contribution in [3.8, 4) is 56.3 Å². The number of benzene rings is 3. The standard InChI is InChI=1S/C41H24N6O/c42-21-32-35(26-9-5-17-43-22-26)37(28-11-7-19-45-24-28)40(38(29-12-8-20-46-25-29)36(32)27-10-6-18-44-23-27)47-33-15-3-1-13-30(33)39-31-14-2-4-16-34(31)48-41(39)47/h1-20,22-25H. The molecule has 0 unspecified atom stereocenters. The monoisotopic (exact) mass is 616 g/mol. The van der Waals surface area contributed by atoms with Gasteiger partial charge in [0, 0.05) is 105 Å². The van der Waals surface area contributed by atoms with Gasteiger partial charge in [-0.3, -0.25) is 24.5 Å². The van der Waals surface area contributed by atoms with Crippen LogP contribution in [0.3, 0.4) is 0 Å². The van der Waals surface area contributed by atoms with E-state index in [1.807, 2.05) is 85.2 Å². The zero-order chi connectivity index (χ0) is 32.0. The summed E-state index contributed by atoms with van der Waals surface area (Å²) >= 11 is 0. The van der Waals surface area contributed by atoms with Crippen molar-refractivity contribution in [2.75, 3.05) is 0 Å². The number of furan rings is 1. The molecule has 0 aliphatic rings.